The molecule has 28 heavy (non-hydrogen) atoms. The van der Waals surface area contributed by atoms with E-state index in [0.717, 1.165) is 12.1 Å². The van der Waals surface area contributed by atoms with Gasteiger partial charge in [0, 0.05) is 25.7 Å². The first-order valence-electron chi connectivity index (χ1n) is 8.71. The molecular formula is C20H23F2N3O3. The minimum Gasteiger partial charge on any atom is -0.497 e. The van der Waals surface area contributed by atoms with Gasteiger partial charge >= 0.3 is 6.03 Å². The number of hydrogen-bond donors (Lipinski definition) is 2. The quantitative estimate of drug-likeness (QED) is 0.756. The van der Waals surface area contributed by atoms with Crippen LogP contribution in [-0.4, -0.2) is 37.5 Å². The second-order valence-electron chi connectivity index (χ2n) is 6.21. The standard InChI is InChI=1S/C20H23F2N3O3/c1-13(14-4-9-17(21)18(22)12-14)25(2)19(26)10-11-23-20(27)24-15-5-7-16(28-3)8-6-15/h4-9,12-13H,10-11H2,1-3H3,(H2,23,24,27)/t13-/m0/s1. The molecule has 0 aliphatic carbocycles. The van der Waals surface area contributed by atoms with Crippen LogP contribution >= 0.6 is 0 Å². The molecule has 2 N–H and O–H groups in total. The number of carbonyl (C=O) groups excluding carboxylic acids is 2. The molecule has 0 heterocycles. The van der Waals surface area contributed by atoms with Crippen molar-refractivity contribution in [1.82, 2.24) is 10.2 Å². The normalized spacial score (nSPS) is 11.5. The number of ether oxygens (including phenoxy) is 1. The fourth-order valence-corrected chi connectivity index (χ4v) is 2.52. The monoisotopic (exact) mass is 391 g/mol. The molecule has 0 unspecified atom stereocenters. The lowest BCUT2D eigenvalue weighted by molar-refractivity contribution is -0.131. The van der Waals surface area contributed by atoms with Crippen LogP contribution in [0, 0.1) is 11.6 Å². The summed E-state index contributed by atoms with van der Waals surface area (Å²) < 4.78 is 31.5. The predicted molar refractivity (Wildman–Crippen MR) is 102 cm³/mol. The molecule has 0 fully saturated rings. The zero-order valence-corrected chi connectivity index (χ0v) is 16.0. The van der Waals surface area contributed by atoms with E-state index < -0.39 is 23.7 Å². The molecule has 3 amide bonds. The van der Waals surface area contributed by atoms with Gasteiger partial charge in [0.25, 0.3) is 0 Å². The van der Waals surface area contributed by atoms with Gasteiger partial charge in [-0.15, -0.1) is 0 Å². The summed E-state index contributed by atoms with van der Waals surface area (Å²) in [6.07, 6.45) is 0.0700. The Bertz CT molecular complexity index is 828. The second-order valence-corrected chi connectivity index (χ2v) is 6.21. The summed E-state index contributed by atoms with van der Waals surface area (Å²) in [5.74, 6) is -1.45. The van der Waals surface area contributed by atoms with Crippen LogP contribution in [0.1, 0.15) is 24.9 Å². The molecule has 0 aliphatic heterocycles. The molecule has 0 saturated heterocycles. The SMILES string of the molecule is COc1ccc(NC(=O)NCCC(=O)N(C)[C@@H](C)c2ccc(F)c(F)c2)cc1. The zero-order valence-electron chi connectivity index (χ0n) is 16.0. The van der Waals surface area contributed by atoms with E-state index in [4.69, 9.17) is 4.74 Å². The Balaban J connectivity index is 1.80. The molecule has 2 aromatic rings. The van der Waals surface area contributed by atoms with Gasteiger partial charge in [-0.2, -0.15) is 0 Å². The van der Waals surface area contributed by atoms with Gasteiger partial charge in [0.2, 0.25) is 5.91 Å². The molecule has 0 aromatic heterocycles. The van der Waals surface area contributed by atoms with E-state index in [2.05, 4.69) is 10.6 Å². The molecule has 0 aliphatic rings. The predicted octanol–water partition coefficient (Wildman–Crippen LogP) is 3.70. The molecule has 2 rings (SSSR count). The number of benzene rings is 2. The summed E-state index contributed by atoms with van der Waals surface area (Å²) in [4.78, 5) is 25.6. The molecule has 0 spiro atoms. The van der Waals surface area contributed by atoms with E-state index in [1.165, 1.54) is 11.0 Å². The Kier molecular flexibility index (Phi) is 7.31. The second kappa shape index (κ2) is 9.68. The number of rotatable bonds is 7. The third-order valence-electron chi connectivity index (χ3n) is 4.37. The smallest absolute Gasteiger partial charge is 0.319 e. The number of halogens is 2. The first-order chi connectivity index (χ1) is 13.3. The van der Waals surface area contributed by atoms with Crippen LogP contribution in [-0.2, 0) is 4.79 Å². The minimum absolute atomic E-state index is 0.0700. The van der Waals surface area contributed by atoms with Crippen LogP contribution < -0.4 is 15.4 Å². The van der Waals surface area contributed by atoms with Crippen molar-refractivity contribution < 1.29 is 23.1 Å². The van der Waals surface area contributed by atoms with Crippen LogP contribution in [0.15, 0.2) is 42.5 Å². The van der Waals surface area contributed by atoms with E-state index in [9.17, 15) is 18.4 Å². The number of anilines is 1. The van der Waals surface area contributed by atoms with Crippen molar-refractivity contribution in [3.8, 4) is 5.75 Å². The lowest BCUT2D eigenvalue weighted by atomic mass is 10.1. The summed E-state index contributed by atoms with van der Waals surface area (Å²) in [5, 5.41) is 5.25. The maximum absolute atomic E-state index is 13.4. The number of carbonyl (C=O) groups is 2. The minimum atomic E-state index is -0.956. The summed E-state index contributed by atoms with van der Waals surface area (Å²) in [6, 6.07) is 9.50. The topological polar surface area (TPSA) is 70.7 Å². The van der Waals surface area contributed by atoms with Crippen LogP contribution in [0.25, 0.3) is 0 Å². The van der Waals surface area contributed by atoms with Gasteiger partial charge in [-0.1, -0.05) is 6.07 Å². The first-order valence-corrected chi connectivity index (χ1v) is 8.71. The number of nitrogens with zero attached hydrogens (tertiary/aromatic N) is 1. The van der Waals surface area contributed by atoms with Crippen LogP contribution in [0.5, 0.6) is 5.75 Å². The highest BCUT2D eigenvalue weighted by atomic mass is 19.2. The van der Waals surface area contributed by atoms with Crippen LogP contribution in [0.2, 0.25) is 0 Å². The average molecular weight is 391 g/mol. The Hall–Kier alpha value is -3.16. The maximum Gasteiger partial charge on any atom is 0.319 e. The highest BCUT2D eigenvalue weighted by Crippen LogP contribution is 2.21. The van der Waals surface area contributed by atoms with Crippen molar-refractivity contribution in [2.24, 2.45) is 0 Å². The third kappa shape index (κ3) is 5.67. The summed E-state index contributed by atoms with van der Waals surface area (Å²) in [5.41, 5.74) is 1.08. The Morgan fingerprint density at radius 1 is 1.11 bits per heavy atom. The number of amides is 3. The lowest BCUT2D eigenvalue weighted by Crippen LogP contribution is -2.35. The van der Waals surface area contributed by atoms with Crippen molar-refractivity contribution in [2.75, 3.05) is 26.0 Å². The van der Waals surface area contributed by atoms with Gasteiger partial charge in [0.1, 0.15) is 5.75 Å². The number of urea groups is 1. The van der Waals surface area contributed by atoms with Gasteiger partial charge in [0.15, 0.2) is 11.6 Å². The lowest BCUT2D eigenvalue weighted by Gasteiger charge is -2.25. The van der Waals surface area contributed by atoms with Gasteiger partial charge in [-0.25, -0.2) is 13.6 Å². The molecule has 6 nitrogen and oxygen atoms in total. The Morgan fingerprint density at radius 2 is 1.79 bits per heavy atom. The van der Waals surface area contributed by atoms with E-state index in [-0.39, 0.29) is 18.9 Å². The highest BCUT2D eigenvalue weighted by Gasteiger charge is 2.18. The molecule has 150 valence electrons. The van der Waals surface area contributed by atoms with Gasteiger partial charge in [0.05, 0.1) is 13.2 Å². The zero-order chi connectivity index (χ0) is 20.7. The molecule has 0 radical (unpaired) electrons. The fourth-order valence-electron chi connectivity index (χ4n) is 2.52. The van der Waals surface area contributed by atoms with Crippen molar-refractivity contribution in [3.63, 3.8) is 0 Å². The third-order valence-corrected chi connectivity index (χ3v) is 4.37. The number of nitrogens with one attached hydrogen (secondary N) is 2. The van der Waals surface area contributed by atoms with Gasteiger partial charge in [-0.3, -0.25) is 4.79 Å². The fraction of sp³-hybridized carbons (Fsp3) is 0.300. The largest absolute Gasteiger partial charge is 0.497 e. The molecule has 0 saturated carbocycles. The number of hydrogen-bond acceptors (Lipinski definition) is 3. The van der Waals surface area contributed by atoms with E-state index in [1.54, 1.807) is 45.3 Å². The molecule has 0 bridgehead atoms. The molecule has 2 aromatic carbocycles. The van der Waals surface area contributed by atoms with E-state index in [1.807, 2.05) is 0 Å². The Labute approximate surface area is 162 Å². The highest BCUT2D eigenvalue weighted by molar-refractivity contribution is 5.89. The van der Waals surface area contributed by atoms with Gasteiger partial charge in [-0.05, 0) is 48.9 Å². The van der Waals surface area contributed by atoms with Crippen molar-refractivity contribution in [1.29, 1.82) is 0 Å². The van der Waals surface area contributed by atoms with E-state index >= 15 is 0 Å². The van der Waals surface area contributed by atoms with Gasteiger partial charge < -0.3 is 20.3 Å². The van der Waals surface area contributed by atoms with Crippen LogP contribution in [0.3, 0.4) is 0 Å². The molecular weight excluding hydrogens is 368 g/mol. The maximum atomic E-state index is 13.4. The summed E-state index contributed by atoms with van der Waals surface area (Å²) in [7, 11) is 3.13. The Morgan fingerprint density at radius 3 is 2.39 bits per heavy atom. The first kappa shape index (κ1) is 21.1. The summed E-state index contributed by atoms with van der Waals surface area (Å²) >= 11 is 0. The summed E-state index contributed by atoms with van der Waals surface area (Å²) in [6.45, 7) is 1.85. The van der Waals surface area contributed by atoms with Crippen LogP contribution in [0.4, 0.5) is 19.3 Å². The molecule has 1 atom stereocenters. The molecule has 8 heteroatoms. The van der Waals surface area contributed by atoms with E-state index in [0.29, 0.717) is 17.0 Å². The average Bonchev–Trinajstić information content (AvgIpc) is 2.69. The number of methoxy groups -OCH3 is 1. The van der Waals surface area contributed by atoms with Crippen molar-refractivity contribution in [2.45, 2.75) is 19.4 Å². The van der Waals surface area contributed by atoms with Crippen molar-refractivity contribution in [3.05, 3.63) is 59.7 Å². The van der Waals surface area contributed by atoms with Crippen molar-refractivity contribution >= 4 is 17.6 Å².